The van der Waals surface area contributed by atoms with Crippen molar-refractivity contribution >= 4 is 16.7 Å². The van der Waals surface area contributed by atoms with Crippen molar-refractivity contribution in [3.63, 3.8) is 0 Å². The SMILES string of the molecule is C=C1C[C@@]2(CC[C@H](CC[C@@]3(O)CCC[C@H](O)C3)C2)[C@@H]2O[C@]2(C)CC[C@@H]2[C@@H]1C[C@]2(C)[C@@H]1CC[C@H]([C@H](O)NC(N)=NC[C@H](CCc2ccccc2)c2cccc3cocc23)C1. The van der Waals surface area contributed by atoms with Crippen molar-refractivity contribution in [2.45, 2.75) is 165 Å². The van der Waals surface area contributed by atoms with Gasteiger partial charge in [0.15, 0.2) is 5.96 Å². The summed E-state index contributed by atoms with van der Waals surface area (Å²) in [6, 6.07) is 16.9. The van der Waals surface area contributed by atoms with Gasteiger partial charge in [-0.15, -0.1) is 0 Å². The van der Waals surface area contributed by atoms with Crippen molar-refractivity contribution < 1.29 is 24.5 Å². The Balaban J connectivity index is 0.807. The Hall–Kier alpha value is -3.17. The number of hydrogen-bond donors (Lipinski definition) is 5. The van der Waals surface area contributed by atoms with Gasteiger partial charge in [-0.1, -0.05) is 67.6 Å². The van der Waals surface area contributed by atoms with E-state index in [1.54, 1.807) is 6.26 Å². The van der Waals surface area contributed by atoms with Crippen LogP contribution < -0.4 is 11.1 Å². The van der Waals surface area contributed by atoms with E-state index in [1.807, 2.05) is 6.26 Å². The maximum absolute atomic E-state index is 11.5. The van der Waals surface area contributed by atoms with Gasteiger partial charge in [-0.25, -0.2) is 0 Å². The molecule has 5 saturated carbocycles. The van der Waals surface area contributed by atoms with Gasteiger partial charge in [0.05, 0.1) is 35.9 Å². The van der Waals surface area contributed by atoms with Crippen LogP contribution in [0.15, 0.2) is 82.6 Å². The van der Waals surface area contributed by atoms with Crippen LogP contribution in [0.5, 0.6) is 0 Å². The lowest BCUT2D eigenvalue weighted by Crippen LogP contribution is -2.51. The van der Waals surface area contributed by atoms with Crippen molar-refractivity contribution in [3.05, 3.63) is 84.3 Å². The van der Waals surface area contributed by atoms with E-state index in [0.717, 1.165) is 87.8 Å². The second kappa shape index (κ2) is 16.3. The Morgan fingerprint density at radius 1 is 0.983 bits per heavy atom. The number of nitrogens with one attached hydrogen (secondary N) is 1. The van der Waals surface area contributed by atoms with Gasteiger partial charge < -0.3 is 35.5 Å². The molecule has 13 atom stereocenters. The fourth-order valence-corrected chi connectivity index (χ4v) is 13.9. The highest BCUT2D eigenvalue weighted by molar-refractivity contribution is 5.85. The smallest absolute Gasteiger partial charge is 0.190 e. The van der Waals surface area contributed by atoms with E-state index in [1.165, 1.54) is 48.8 Å². The molecule has 5 aliphatic carbocycles. The number of aliphatic hydroxyl groups is 3. The van der Waals surface area contributed by atoms with E-state index < -0.39 is 11.8 Å². The third-order valence-corrected chi connectivity index (χ3v) is 17.3. The predicted molar refractivity (Wildman–Crippen MR) is 235 cm³/mol. The molecule has 2 heterocycles. The topological polar surface area (TPSA) is 137 Å². The second-order valence-corrected chi connectivity index (χ2v) is 21.1. The van der Waals surface area contributed by atoms with Crippen molar-refractivity contribution in [3.8, 4) is 0 Å². The van der Waals surface area contributed by atoms with Gasteiger partial charge in [0, 0.05) is 41.0 Å². The summed E-state index contributed by atoms with van der Waals surface area (Å²) in [4.78, 5) is 4.84. The van der Waals surface area contributed by atoms with Gasteiger partial charge >= 0.3 is 0 Å². The summed E-state index contributed by atoms with van der Waals surface area (Å²) >= 11 is 0. The summed E-state index contributed by atoms with van der Waals surface area (Å²) in [6.07, 6.45) is 21.0. The van der Waals surface area contributed by atoms with Crippen molar-refractivity contribution in [2.75, 3.05) is 6.54 Å². The second-order valence-electron chi connectivity index (χ2n) is 21.1. The molecule has 1 aliphatic heterocycles. The van der Waals surface area contributed by atoms with E-state index in [-0.39, 0.29) is 34.4 Å². The molecule has 0 radical (unpaired) electrons. The lowest BCUT2D eigenvalue weighted by atomic mass is 9.46. The standard InChI is InChI=1S/C51H71N3O5/c1-33-26-50(23-18-35(27-50)19-24-51(57)21-8-12-40(55)28-51)46-49(3,59-46)22-20-44-42(33)29-48(44,2)39-17-16-36(25-39)45(56)54-47(52)53-30-37(15-14-34-9-5-4-6-10-34)41-13-7-11-38-31-58-32-43(38)41/h4-7,9-11,13,31-32,35-37,39-40,42,44-46,55-57H,1,8,12,14-30H2,2-3H3,(H3,52,53,54)/t35-,36+,37+,39-,40+,42-,44-,45+,46-,48-,49-,50-,51+/m1/s1. The Kier molecular flexibility index (Phi) is 11.4. The molecular weight excluding hydrogens is 735 g/mol. The molecule has 1 spiro atoms. The molecule has 8 heteroatoms. The summed E-state index contributed by atoms with van der Waals surface area (Å²) < 4.78 is 12.3. The zero-order valence-corrected chi connectivity index (χ0v) is 35.8. The largest absolute Gasteiger partial charge is 0.471 e. The number of epoxide rings is 1. The van der Waals surface area contributed by atoms with Crippen molar-refractivity contribution in [1.29, 1.82) is 0 Å². The van der Waals surface area contributed by atoms with Crippen LogP contribution >= 0.6 is 0 Å². The third kappa shape index (κ3) is 8.29. The average Bonchev–Trinajstić information content (AvgIpc) is 3.67. The first-order chi connectivity index (χ1) is 28.4. The van der Waals surface area contributed by atoms with E-state index in [4.69, 9.17) is 26.5 Å². The van der Waals surface area contributed by atoms with Crippen LogP contribution in [-0.2, 0) is 11.2 Å². The number of guanidine groups is 1. The van der Waals surface area contributed by atoms with E-state index in [0.29, 0.717) is 48.7 Å². The Labute approximate surface area is 352 Å². The van der Waals surface area contributed by atoms with Crippen molar-refractivity contribution in [2.24, 2.45) is 51.1 Å². The van der Waals surface area contributed by atoms with E-state index in [9.17, 15) is 15.3 Å². The van der Waals surface area contributed by atoms with Gasteiger partial charge in [-0.05, 0) is 156 Å². The highest BCUT2D eigenvalue weighted by Gasteiger charge is 2.67. The summed E-state index contributed by atoms with van der Waals surface area (Å²) in [7, 11) is 0. The molecule has 8 nitrogen and oxygen atoms in total. The molecule has 9 rings (SSSR count). The minimum atomic E-state index is -0.725. The number of allylic oxidation sites excluding steroid dienone is 1. The summed E-state index contributed by atoms with van der Waals surface area (Å²) in [5.41, 5.74) is 10.2. The highest BCUT2D eigenvalue weighted by Crippen LogP contribution is 2.69. The lowest BCUT2D eigenvalue weighted by Gasteiger charge is -2.58. The Morgan fingerprint density at radius 3 is 2.66 bits per heavy atom. The molecule has 0 amide bonds. The third-order valence-electron chi connectivity index (χ3n) is 17.3. The number of benzene rings is 2. The summed E-state index contributed by atoms with van der Waals surface area (Å²) in [5, 5.41) is 38.5. The quantitative estimate of drug-likeness (QED) is 0.0405. The van der Waals surface area contributed by atoms with Crippen LogP contribution in [-0.4, -0.2) is 57.5 Å². The molecule has 1 saturated heterocycles. The van der Waals surface area contributed by atoms with Crippen molar-refractivity contribution in [1.82, 2.24) is 5.32 Å². The minimum Gasteiger partial charge on any atom is -0.471 e. The predicted octanol–water partition coefficient (Wildman–Crippen LogP) is 9.56. The van der Waals surface area contributed by atoms with Crippen LogP contribution in [0.4, 0.5) is 0 Å². The first-order valence-corrected chi connectivity index (χ1v) is 23.3. The number of aryl methyl sites for hydroxylation is 1. The molecule has 3 aromatic rings. The minimum absolute atomic E-state index is 0.0486. The normalized spacial score (nSPS) is 39.4. The molecule has 59 heavy (non-hydrogen) atoms. The first kappa shape index (κ1) is 41.2. The maximum Gasteiger partial charge on any atom is 0.190 e. The monoisotopic (exact) mass is 806 g/mol. The molecule has 1 aromatic heterocycles. The summed E-state index contributed by atoms with van der Waals surface area (Å²) in [6.45, 7) is 10.3. The molecule has 0 unspecified atom stereocenters. The summed E-state index contributed by atoms with van der Waals surface area (Å²) in [5.74, 6) is 2.94. The molecule has 6 N–H and O–H groups in total. The number of fused-ring (bicyclic) bond motifs is 4. The van der Waals surface area contributed by atoms with E-state index >= 15 is 0 Å². The fourth-order valence-electron chi connectivity index (χ4n) is 13.9. The van der Waals surface area contributed by atoms with Gasteiger partial charge in [-0.2, -0.15) is 0 Å². The Bertz CT molecular complexity index is 1980. The molecular formula is C51H71N3O5. The van der Waals surface area contributed by atoms with Gasteiger partial charge in [0.1, 0.15) is 6.23 Å². The van der Waals surface area contributed by atoms with E-state index in [2.05, 4.69) is 67.7 Å². The zero-order valence-electron chi connectivity index (χ0n) is 35.8. The van der Waals surface area contributed by atoms with Gasteiger partial charge in [0.25, 0.3) is 0 Å². The average molecular weight is 806 g/mol. The molecule has 320 valence electrons. The highest BCUT2D eigenvalue weighted by atomic mass is 16.6. The number of nitrogens with zero attached hydrogens (tertiary/aromatic N) is 1. The van der Waals surface area contributed by atoms with Gasteiger partial charge in [0.2, 0.25) is 0 Å². The number of aliphatic imine (C=N–C) groups is 1. The molecule has 2 aromatic carbocycles. The van der Waals surface area contributed by atoms with Crippen LogP contribution in [0.3, 0.4) is 0 Å². The van der Waals surface area contributed by atoms with Gasteiger partial charge in [-0.3, -0.25) is 4.99 Å². The van der Waals surface area contributed by atoms with Crippen LogP contribution in [0.25, 0.3) is 10.8 Å². The van der Waals surface area contributed by atoms with Crippen LogP contribution in [0.1, 0.15) is 140 Å². The number of furan rings is 1. The lowest BCUT2D eigenvalue weighted by molar-refractivity contribution is -0.0712. The number of ether oxygens (including phenoxy) is 1. The molecule has 6 fully saturated rings. The molecule has 6 aliphatic rings. The number of rotatable bonds is 12. The number of hydrogen-bond acceptors (Lipinski definition) is 6. The fraction of sp³-hybridized carbons (Fsp3) is 0.667. The Morgan fingerprint density at radius 2 is 1.83 bits per heavy atom. The van der Waals surface area contributed by atoms with Crippen LogP contribution in [0, 0.1) is 40.4 Å². The van der Waals surface area contributed by atoms with Crippen LogP contribution in [0.2, 0.25) is 0 Å². The number of nitrogens with two attached hydrogens (primary N) is 1. The zero-order chi connectivity index (χ0) is 41.0. The first-order valence-electron chi connectivity index (χ1n) is 23.3. The molecule has 0 bridgehead atoms. The number of aliphatic hydroxyl groups excluding tert-OH is 2. The maximum atomic E-state index is 11.5.